The molecule has 30 heavy (non-hydrogen) atoms. The monoisotopic (exact) mass is 404 g/mol. The predicted octanol–water partition coefficient (Wildman–Crippen LogP) is 3.29. The number of ether oxygens (including phenoxy) is 1. The molecule has 0 spiro atoms. The number of hydrogen-bond donors (Lipinski definition) is 3. The minimum Gasteiger partial charge on any atom is -0.491 e. The van der Waals surface area contributed by atoms with Crippen LogP contribution in [0.25, 0.3) is 33.3 Å². The minimum atomic E-state index is 0.250. The summed E-state index contributed by atoms with van der Waals surface area (Å²) in [5.74, 6) is 2.76. The van der Waals surface area contributed by atoms with Crippen LogP contribution in [-0.2, 0) is 11.3 Å². The Morgan fingerprint density at radius 3 is 3.00 bits per heavy atom. The van der Waals surface area contributed by atoms with Crippen molar-refractivity contribution in [1.29, 1.82) is 0 Å². The van der Waals surface area contributed by atoms with E-state index in [2.05, 4.69) is 56.1 Å². The molecular formula is C22H24N6O2. The van der Waals surface area contributed by atoms with Gasteiger partial charge in [-0.3, -0.25) is 9.89 Å². The lowest BCUT2D eigenvalue weighted by atomic mass is 10.1. The van der Waals surface area contributed by atoms with Crippen molar-refractivity contribution < 1.29 is 9.53 Å². The smallest absolute Gasteiger partial charge is 0.204 e. The lowest BCUT2D eigenvalue weighted by Crippen LogP contribution is -2.03. The molecule has 4 aromatic rings. The van der Waals surface area contributed by atoms with Gasteiger partial charge in [0.2, 0.25) is 6.41 Å². The van der Waals surface area contributed by atoms with Crippen molar-refractivity contribution in [3.63, 3.8) is 0 Å². The minimum absolute atomic E-state index is 0.250. The number of aromatic amines is 1. The molecule has 2 aromatic heterocycles. The van der Waals surface area contributed by atoms with Crippen LogP contribution in [0.5, 0.6) is 5.75 Å². The highest BCUT2D eigenvalue weighted by molar-refractivity contribution is 5.91. The van der Waals surface area contributed by atoms with Gasteiger partial charge in [-0.1, -0.05) is 0 Å². The van der Waals surface area contributed by atoms with Crippen LogP contribution in [0.4, 0.5) is 5.69 Å². The number of nitrogens with zero attached hydrogens (tertiary/aromatic N) is 3. The number of fused-ring (bicyclic) bond motifs is 1. The van der Waals surface area contributed by atoms with Gasteiger partial charge in [0.25, 0.3) is 0 Å². The molecule has 3 heterocycles. The number of H-pyrrole nitrogens is 1. The Bertz CT molecular complexity index is 1210. The normalized spacial score (nSPS) is 15.2. The van der Waals surface area contributed by atoms with Gasteiger partial charge in [0.1, 0.15) is 17.1 Å². The quantitative estimate of drug-likeness (QED) is 0.452. The van der Waals surface area contributed by atoms with E-state index in [1.165, 1.54) is 12.8 Å². The van der Waals surface area contributed by atoms with Crippen LogP contribution in [0.2, 0.25) is 0 Å². The number of amides is 1. The molecule has 0 bridgehead atoms. The first kappa shape index (κ1) is 18.5. The van der Waals surface area contributed by atoms with Gasteiger partial charge >= 0.3 is 0 Å². The van der Waals surface area contributed by atoms with Crippen molar-refractivity contribution in [2.75, 3.05) is 18.5 Å². The van der Waals surface area contributed by atoms with Crippen molar-refractivity contribution >= 4 is 34.0 Å². The van der Waals surface area contributed by atoms with E-state index in [-0.39, 0.29) is 6.41 Å². The lowest BCUT2D eigenvalue weighted by molar-refractivity contribution is -0.106. The van der Waals surface area contributed by atoms with E-state index in [1.807, 2.05) is 6.20 Å². The number of aryl methyl sites for hydroxylation is 1. The van der Waals surface area contributed by atoms with Gasteiger partial charge in [0.05, 0.1) is 23.8 Å². The van der Waals surface area contributed by atoms with Gasteiger partial charge in [-0.15, -0.1) is 0 Å². The molecule has 1 aliphatic heterocycles. The van der Waals surface area contributed by atoms with E-state index in [4.69, 9.17) is 14.5 Å². The molecule has 1 fully saturated rings. The zero-order chi connectivity index (χ0) is 20.5. The van der Waals surface area contributed by atoms with Crippen LogP contribution < -0.4 is 15.8 Å². The third kappa shape index (κ3) is 3.45. The molecule has 8 nitrogen and oxygen atoms in total. The standard InChI is InChI=1S/C21H21N5O.CH3NO/c1-6-26-20-18(9-16(10-19(20)27-7-1)22-11-13-2-3-13)24-21(26)14-4-5-17-15(8-14)12-23-25-17;2-1-3/h4-5,8-10,12-13,22H,1-3,6-7,11H2,(H,23,25);1H,(H2,2,3). The summed E-state index contributed by atoms with van der Waals surface area (Å²) >= 11 is 0. The van der Waals surface area contributed by atoms with Crippen LogP contribution in [0.1, 0.15) is 19.3 Å². The third-order valence-corrected chi connectivity index (χ3v) is 5.58. The molecule has 6 rings (SSSR count). The van der Waals surface area contributed by atoms with Gasteiger partial charge < -0.3 is 20.4 Å². The van der Waals surface area contributed by atoms with Crippen LogP contribution >= 0.6 is 0 Å². The van der Waals surface area contributed by atoms with E-state index in [0.29, 0.717) is 0 Å². The molecule has 2 aliphatic rings. The molecule has 4 N–H and O–H groups in total. The second kappa shape index (κ2) is 7.70. The first-order chi connectivity index (χ1) is 14.8. The van der Waals surface area contributed by atoms with E-state index in [9.17, 15) is 0 Å². The summed E-state index contributed by atoms with van der Waals surface area (Å²) in [5, 5.41) is 11.8. The molecule has 1 aliphatic carbocycles. The molecule has 154 valence electrons. The molecule has 0 atom stereocenters. The molecule has 0 radical (unpaired) electrons. The third-order valence-electron chi connectivity index (χ3n) is 5.58. The number of nitrogens with one attached hydrogen (secondary N) is 2. The Labute approximate surface area is 173 Å². The highest BCUT2D eigenvalue weighted by Gasteiger charge is 2.23. The second-order valence-corrected chi connectivity index (χ2v) is 7.76. The number of aromatic nitrogens is 4. The highest BCUT2D eigenvalue weighted by Crippen LogP contribution is 2.37. The number of imidazole rings is 1. The lowest BCUT2D eigenvalue weighted by Gasteiger charge is -2.10. The summed E-state index contributed by atoms with van der Waals surface area (Å²) in [6.45, 7) is 2.69. The van der Waals surface area contributed by atoms with E-state index < -0.39 is 0 Å². The number of nitrogens with two attached hydrogens (primary N) is 1. The summed E-state index contributed by atoms with van der Waals surface area (Å²) in [6, 6.07) is 10.6. The zero-order valence-electron chi connectivity index (χ0n) is 16.6. The number of rotatable bonds is 4. The number of carbonyl (C=O) groups excluding carboxylic acids is 1. The Kier molecular flexibility index (Phi) is 4.74. The number of carbonyl (C=O) groups is 1. The van der Waals surface area contributed by atoms with Crippen LogP contribution in [0, 0.1) is 5.92 Å². The number of anilines is 1. The summed E-state index contributed by atoms with van der Waals surface area (Å²) in [5.41, 5.74) is 9.52. The molecule has 0 saturated heterocycles. The average molecular weight is 404 g/mol. The maximum atomic E-state index is 8.58. The maximum Gasteiger partial charge on any atom is 0.204 e. The number of benzene rings is 2. The molecule has 1 amide bonds. The predicted molar refractivity (Wildman–Crippen MR) is 116 cm³/mol. The fourth-order valence-corrected chi connectivity index (χ4v) is 3.95. The van der Waals surface area contributed by atoms with Crippen molar-refractivity contribution in [2.45, 2.75) is 25.8 Å². The van der Waals surface area contributed by atoms with Crippen LogP contribution in [-0.4, -0.2) is 39.3 Å². The molecular weight excluding hydrogens is 380 g/mol. The number of hydrogen-bond acceptors (Lipinski definition) is 5. The molecule has 2 aromatic carbocycles. The summed E-state index contributed by atoms with van der Waals surface area (Å²) in [7, 11) is 0. The first-order valence-electron chi connectivity index (χ1n) is 10.3. The van der Waals surface area contributed by atoms with Gasteiger partial charge in [0, 0.05) is 35.8 Å². The highest BCUT2D eigenvalue weighted by atomic mass is 16.5. The molecule has 8 heteroatoms. The topological polar surface area (TPSA) is 111 Å². The zero-order valence-corrected chi connectivity index (χ0v) is 16.6. The van der Waals surface area contributed by atoms with Crippen LogP contribution in [0.3, 0.4) is 0 Å². The largest absolute Gasteiger partial charge is 0.491 e. The van der Waals surface area contributed by atoms with Crippen molar-refractivity contribution in [3.8, 4) is 17.1 Å². The SMILES string of the molecule is NC=O.c1cc2[nH]ncc2cc1-c1nc2cc(NCC3CC3)cc3c2n1CCCO3. The van der Waals surface area contributed by atoms with Crippen molar-refractivity contribution in [1.82, 2.24) is 19.7 Å². The van der Waals surface area contributed by atoms with Crippen molar-refractivity contribution in [2.24, 2.45) is 11.7 Å². The Hall–Kier alpha value is -3.55. The van der Waals surface area contributed by atoms with Gasteiger partial charge in [-0.05, 0) is 49.4 Å². The average Bonchev–Trinajstić information content (AvgIpc) is 3.40. The van der Waals surface area contributed by atoms with Gasteiger partial charge in [-0.25, -0.2) is 4.98 Å². The number of primary amides is 1. The van der Waals surface area contributed by atoms with Gasteiger partial charge in [-0.2, -0.15) is 5.10 Å². The fourth-order valence-electron chi connectivity index (χ4n) is 3.95. The van der Waals surface area contributed by atoms with E-state index in [1.54, 1.807) is 0 Å². The second-order valence-electron chi connectivity index (χ2n) is 7.76. The summed E-state index contributed by atoms with van der Waals surface area (Å²) in [4.78, 5) is 13.6. The van der Waals surface area contributed by atoms with Crippen molar-refractivity contribution in [3.05, 3.63) is 36.5 Å². The van der Waals surface area contributed by atoms with E-state index in [0.717, 1.165) is 76.8 Å². The maximum absolute atomic E-state index is 8.58. The van der Waals surface area contributed by atoms with Gasteiger partial charge in [0.15, 0.2) is 0 Å². The fraction of sp³-hybridized carbons (Fsp3) is 0.318. The molecule has 1 saturated carbocycles. The Morgan fingerprint density at radius 1 is 1.30 bits per heavy atom. The summed E-state index contributed by atoms with van der Waals surface area (Å²) < 4.78 is 8.38. The first-order valence-corrected chi connectivity index (χ1v) is 10.3. The Balaban J connectivity index is 0.000000609. The Morgan fingerprint density at radius 2 is 2.17 bits per heavy atom. The van der Waals surface area contributed by atoms with E-state index >= 15 is 0 Å². The van der Waals surface area contributed by atoms with Crippen LogP contribution in [0.15, 0.2) is 36.5 Å². The molecule has 0 unspecified atom stereocenters. The summed E-state index contributed by atoms with van der Waals surface area (Å²) in [6.07, 6.45) is 5.77.